The fourth-order valence-corrected chi connectivity index (χ4v) is 4.83. The van der Waals surface area contributed by atoms with E-state index >= 15 is 0 Å². The lowest BCUT2D eigenvalue weighted by atomic mass is 10.1. The van der Waals surface area contributed by atoms with E-state index in [2.05, 4.69) is 38.8 Å². The summed E-state index contributed by atoms with van der Waals surface area (Å²) < 4.78 is 3.61. The topological polar surface area (TPSA) is 65.1 Å². The van der Waals surface area contributed by atoms with Gasteiger partial charge >= 0.3 is 0 Å². The summed E-state index contributed by atoms with van der Waals surface area (Å²) >= 11 is 2.97. The van der Waals surface area contributed by atoms with Crippen LogP contribution in [0.2, 0.25) is 0 Å². The first-order chi connectivity index (χ1) is 14.7. The normalized spacial score (nSPS) is 11.2. The minimum atomic E-state index is -0.0678. The summed E-state index contributed by atoms with van der Waals surface area (Å²) in [5, 5.41) is 11.6. The fraction of sp³-hybridized carbons (Fsp3) is 0.0909. The predicted octanol–water partition coefficient (Wildman–Crippen LogP) is 4.60. The average molecular weight is 432 g/mol. The third-order valence-corrected chi connectivity index (χ3v) is 6.35. The molecule has 3 aromatic heterocycles. The molecule has 0 saturated carbocycles. The highest BCUT2D eigenvalue weighted by molar-refractivity contribution is 7.98. The van der Waals surface area contributed by atoms with Gasteiger partial charge < -0.3 is 0 Å². The summed E-state index contributed by atoms with van der Waals surface area (Å²) in [6.07, 6.45) is 1.74. The largest absolute Gasteiger partial charge is 0.270 e. The van der Waals surface area contributed by atoms with Gasteiger partial charge in [0.2, 0.25) is 0 Å². The zero-order valence-electron chi connectivity index (χ0n) is 16.1. The molecule has 6 nitrogen and oxygen atoms in total. The maximum Gasteiger partial charge on any atom is 0.258 e. The number of aryl methyl sites for hydroxylation is 1. The van der Waals surface area contributed by atoms with Gasteiger partial charge in [-0.1, -0.05) is 53.7 Å². The van der Waals surface area contributed by atoms with Crippen molar-refractivity contribution in [3.05, 3.63) is 93.9 Å². The van der Waals surface area contributed by atoms with Crippen LogP contribution in [0.25, 0.3) is 22.0 Å². The number of aromatic nitrogens is 5. The molecule has 0 fully saturated rings. The van der Waals surface area contributed by atoms with E-state index < -0.39 is 0 Å². The smallest absolute Gasteiger partial charge is 0.258 e. The molecular weight excluding hydrogens is 414 g/mol. The summed E-state index contributed by atoms with van der Waals surface area (Å²) in [7, 11) is 0. The van der Waals surface area contributed by atoms with Gasteiger partial charge in [-0.25, -0.2) is 4.98 Å². The van der Waals surface area contributed by atoms with Gasteiger partial charge in [-0.15, -0.1) is 21.5 Å². The van der Waals surface area contributed by atoms with E-state index in [0.29, 0.717) is 10.7 Å². The molecule has 0 amide bonds. The standard InChI is InChI=1S/C22H17N5OS2/c1-15-6-5-7-16(12-15)20-24-25-22(27(20)18-8-3-2-4-9-18)30-14-17-13-19(28)26-10-11-29-21(26)23-17/h2-13H,14H2,1H3. The molecule has 8 heteroatoms. The monoisotopic (exact) mass is 431 g/mol. The Bertz CT molecular complexity index is 1390. The zero-order valence-corrected chi connectivity index (χ0v) is 17.7. The van der Waals surface area contributed by atoms with Gasteiger partial charge in [0, 0.05) is 34.6 Å². The van der Waals surface area contributed by atoms with Crippen molar-refractivity contribution >= 4 is 28.1 Å². The number of thioether (sulfide) groups is 1. The Hall–Kier alpha value is -3.23. The molecule has 30 heavy (non-hydrogen) atoms. The van der Waals surface area contributed by atoms with Crippen molar-refractivity contribution in [2.45, 2.75) is 17.8 Å². The van der Waals surface area contributed by atoms with Crippen LogP contribution >= 0.6 is 23.1 Å². The lowest BCUT2D eigenvalue weighted by Crippen LogP contribution is -2.12. The first-order valence-corrected chi connectivity index (χ1v) is 11.2. The van der Waals surface area contributed by atoms with E-state index in [0.717, 1.165) is 27.9 Å². The number of hydrogen-bond donors (Lipinski definition) is 0. The van der Waals surface area contributed by atoms with Gasteiger partial charge in [0.05, 0.1) is 5.69 Å². The van der Waals surface area contributed by atoms with E-state index in [9.17, 15) is 4.79 Å². The molecule has 2 aromatic carbocycles. The molecule has 0 atom stereocenters. The summed E-state index contributed by atoms with van der Waals surface area (Å²) in [4.78, 5) is 17.6. The second kappa shape index (κ2) is 7.89. The van der Waals surface area contributed by atoms with Crippen molar-refractivity contribution in [3.63, 3.8) is 0 Å². The Morgan fingerprint density at radius 1 is 1.03 bits per heavy atom. The molecule has 0 aliphatic heterocycles. The first-order valence-electron chi connectivity index (χ1n) is 9.35. The number of benzene rings is 2. The summed E-state index contributed by atoms with van der Waals surface area (Å²) in [5.74, 6) is 1.32. The molecule has 0 aliphatic carbocycles. The van der Waals surface area contributed by atoms with Crippen molar-refractivity contribution in [1.29, 1.82) is 0 Å². The molecule has 0 radical (unpaired) electrons. The van der Waals surface area contributed by atoms with Crippen LogP contribution in [-0.4, -0.2) is 24.1 Å². The van der Waals surface area contributed by atoms with Crippen LogP contribution in [0, 0.1) is 6.92 Å². The van der Waals surface area contributed by atoms with E-state index in [4.69, 9.17) is 0 Å². The van der Waals surface area contributed by atoms with Crippen molar-refractivity contribution in [2.75, 3.05) is 0 Å². The lowest BCUT2D eigenvalue weighted by Gasteiger charge is -2.10. The van der Waals surface area contributed by atoms with Gasteiger partial charge in [-0.3, -0.25) is 13.8 Å². The Labute approximate surface area is 180 Å². The summed E-state index contributed by atoms with van der Waals surface area (Å²) in [6.45, 7) is 2.06. The molecule has 5 rings (SSSR count). The van der Waals surface area contributed by atoms with Gasteiger partial charge in [-0.05, 0) is 25.1 Å². The molecule has 3 heterocycles. The number of hydrogen-bond acceptors (Lipinski definition) is 6. The van der Waals surface area contributed by atoms with Gasteiger partial charge in [0.15, 0.2) is 15.9 Å². The summed E-state index contributed by atoms with van der Waals surface area (Å²) in [5.41, 5.74) is 3.82. The van der Waals surface area contributed by atoms with Gasteiger partial charge in [-0.2, -0.15) is 0 Å². The lowest BCUT2D eigenvalue weighted by molar-refractivity contribution is 0.885. The highest BCUT2D eigenvalue weighted by Crippen LogP contribution is 2.29. The van der Waals surface area contributed by atoms with Crippen LogP contribution in [0.3, 0.4) is 0 Å². The Morgan fingerprint density at radius 2 is 1.90 bits per heavy atom. The minimum absolute atomic E-state index is 0.0678. The Morgan fingerprint density at radius 3 is 2.73 bits per heavy atom. The molecule has 0 aliphatic rings. The van der Waals surface area contributed by atoms with E-state index in [1.807, 2.05) is 47.8 Å². The number of rotatable bonds is 5. The van der Waals surface area contributed by atoms with Crippen molar-refractivity contribution in [2.24, 2.45) is 0 Å². The van der Waals surface area contributed by atoms with Crippen molar-refractivity contribution in [1.82, 2.24) is 24.1 Å². The fourth-order valence-electron chi connectivity index (χ4n) is 3.24. The van der Waals surface area contributed by atoms with E-state index in [1.54, 1.807) is 16.7 Å². The van der Waals surface area contributed by atoms with Gasteiger partial charge in [0.25, 0.3) is 5.56 Å². The molecule has 0 unspecified atom stereocenters. The van der Waals surface area contributed by atoms with Crippen molar-refractivity contribution in [3.8, 4) is 17.1 Å². The highest BCUT2D eigenvalue weighted by atomic mass is 32.2. The Kier molecular flexibility index (Phi) is 4.94. The van der Waals surface area contributed by atoms with E-state index in [1.165, 1.54) is 28.7 Å². The minimum Gasteiger partial charge on any atom is -0.270 e. The van der Waals surface area contributed by atoms with Crippen molar-refractivity contribution < 1.29 is 0 Å². The van der Waals surface area contributed by atoms with Crippen LogP contribution < -0.4 is 5.56 Å². The SMILES string of the molecule is Cc1cccc(-c2nnc(SCc3cc(=O)n4ccsc4n3)n2-c2ccccc2)c1. The number of fused-ring (bicyclic) bond motifs is 1. The maximum atomic E-state index is 12.3. The average Bonchev–Trinajstić information content (AvgIpc) is 3.40. The molecule has 0 saturated heterocycles. The highest BCUT2D eigenvalue weighted by Gasteiger charge is 2.17. The molecule has 0 spiro atoms. The van der Waals surface area contributed by atoms with Crippen LogP contribution in [0.15, 0.2) is 82.2 Å². The van der Waals surface area contributed by atoms with Crippen LogP contribution in [0.1, 0.15) is 11.3 Å². The zero-order chi connectivity index (χ0) is 20.5. The Balaban J connectivity index is 1.54. The van der Waals surface area contributed by atoms with Gasteiger partial charge in [0.1, 0.15) is 0 Å². The van der Waals surface area contributed by atoms with Crippen LogP contribution in [0.5, 0.6) is 0 Å². The third kappa shape index (κ3) is 3.55. The van der Waals surface area contributed by atoms with Crippen LogP contribution in [-0.2, 0) is 5.75 Å². The predicted molar refractivity (Wildman–Crippen MR) is 120 cm³/mol. The maximum absolute atomic E-state index is 12.3. The second-order valence-corrected chi connectivity index (χ2v) is 8.59. The number of para-hydroxylation sites is 1. The third-order valence-electron chi connectivity index (χ3n) is 4.63. The number of thiazole rings is 1. The summed E-state index contributed by atoms with van der Waals surface area (Å²) in [6, 6.07) is 19.9. The molecular formula is C22H17N5OS2. The first kappa shape index (κ1) is 18.8. The van der Waals surface area contributed by atoms with E-state index in [-0.39, 0.29) is 5.56 Å². The van der Waals surface area contributed by atoms with Crippen LogP contribution in [0.4, 0.5) is 0 Å². The number of nitrogens with zero attached hydrogens (tertiary/aromatic N) is 5. The molecule has 0 bridgehead atoms. The molecule has 148 valence electrons. The quantitative estimate of drug-likeness (QED) is 0.381. The second-order valence-electron chi connectivity index (χ2n) is 6.78. The molecule has 0 N–H and O–H groups in total. The molecule has 5 aromatic rings.